The first-order chi connectivity index (χ1) is 13.0. The Balaban J connectivity index is 3.45. The van der Waals surface area contributed by atoms with Crippen LogP contribution >= 0.6 is 0 Å². The fraction of sp³-hybridized carbons (Fsp3) is 1.00. The number of hydrogen-bond acceptors (Lipinski definition) is 0. The van der Waals surface area contributed by atoms with Crippen LogP contribution in [0.5, 0.6) is 0 Å². The monoisotopic (exact) mass is 380 g/mol. The molecule has 0 aromatic heterocycles. The minimum absolute atomic E-state index is 0.880. The normalized spacial score (nSPS) is 15.2. The van der Waals surface area contributed by atoms with E-state index in [9.17, 15) is 0 Å². The van der Waals surface area contributed by atoms with Crippen molar-refractivity contribution in [2.75, 3.05) is 0 Å². The maximum Gasteiger partial charge on any atom is -0.0443 e. The first-order valence-electron chi connectivity index (χ1n) is 13.0. The van der Waals surface area contributed by atoms with Crippen LogP contribution in [0.2, 0.25) is 0 Å². The molecule has 0 aromatic rings. The second kappa shape index (κ2) is 19.3. The Bertz CT molecular complexity index is 280. The van der Waals surface area contributed by atoms with Crippen LogP contribution in [0.3, 0.4) is 0 Å². The SMILES string of the molecule is CCCCCCCCCCC(C)CCC(C)CCCC(C)CCCC(C)C. The van der Waals surface area contributed by atoms with Gasteiger partial charge in [0.2, 0.25) is 0 Å². The van der Waals surface area contributed by atoms with Crippen LogP contribution in [0.15, 0.2) is 0 Å². The van der Waals surface area contributed by atoms with Gasteiger partial charge in [0.15, 0.2) is 0 Å². The summed E-state index contributed by atoms with van der Waals surface area (Å²) in [6, 6.07) is 0. The summed E-state index contributed by atoms with van der Waals surface area (Å²) in [6.07, 6.45) is 24.7. The van der Waals surface area contributed by atoms with Crippen molar-refractivity contribution in [3.05, 3.63) is 0 Å². The highest BCUT2D eigenvalue weighted by atomic mass is 14.1. The molecular weight excluding hydrogens is 324 g/mol. The summed E-state index contributed by atoms with van der Waals surface area (Å²) in [6.45, 7) is 14.5. The molecular formula is C27H56. The van der Waals surface area contributed by atoms with Gasteiger partial charge in [-0.3, -0.25) is 0 Å². The second-order valence-corrected chi connectivity index (χ2v) is 10.4. The van der Waals surface area contributed by atoms with Crippen molar-refractivity contribution in [1.82, 2.24) is 0 Å². The molecule has 0 nitrogen and oxygen atoms in total. The lowest BCUT2D eigenvalue weighted by atomic mass is 9.89. The first kappa shape index (κ1) is 27.0. The Labute approximate surface area is 174 Å². The van der Waals surface area contributed by atoms with Gasteiger partial charge in [-0.2, -0.15) is 0 Å². The summed E-state index contributed by atoms with van der Waals surface area (Å²) in [5, 5.41) is 0. The van der Waals surface area contributed by atoms with Crippen molar-refractivity contribution in [2.45, 2.75) is 151 Å². The van der Waals surface area contributed by atoms with Crippen molar-refractivity contribution < 1.29 is 0 Å². The molecule has 0 heterocycles. The van der Waals surface area contributed by atoms with Crippen molar-refractivity contribution in [3.63, 3.8) is 0 Å². The summed E-state index contributed by atoms with van der Waals surface area (Å²) in [5.41, 5.74) is 0. The molecule has 0 heteroatoms. The zero-order valence-electron chi connectivity index (χ0n) is 20.3. The first-order valence-corrected chi connectivity index (χ1v) is 13.0. The molecule has 0 rings (SSSR count). The summed E-state index contributed by atoms with van der Waals surface area (Å²) >= 11 is 0. The van der Waals surface area contributed by atoms with Crippen LogP contribution in [-0.4, -0.2) is 0 Å². The maximum absolute atomic E-state index is 2.49. The van der Waals surface area contributed by atoms with Gasteiger partial charge in [-0.1, -0.05) is 151 Å². The van der Waals surface area contributed by atoms with E-state index < -0.39 is 0 Å². The van der Waals surface area contributed by atoms with E-state index in [1.807, 2.05) is 0 Å². The molecule has 0 aromatic carbocycles. The smallest absolute Gasteiger partial charge is 0.0443 e. The Hall–Kier alpha value is 0. The lowest BCUT2D eigenvalue weighted by Gasteiger charge is -2.17. The molecule has 0 bridgehead atoms. The van der Waals surface area contributed by atoms with Crippen LogP contribution in [0.4, 0.5) is 0 Å². The third kappa shape index (κ3) is 20.5. The van der Waals surface area contributed by atoms with Crippen LogP contribution in [-0.2, 0) is 0 Å². The molecule has 0 saturated heterocycles. The summed E-state index contributed by atoms with van der Waals surface area (Å²) in [4.78, 5) is 0. The highest BCUT2D eigenvalue weighted by molar-refractivity contribution is 4.62. The summed E-state index contributed by atoms with van der Waals surface area (Å²) in [7, 11) is 0. The van der Waals surface area contributed by atoms with E-state index in [4.69, 9.17) is 0 Å². The molecule has 0 aliphatic heterocycles. The lowest BCUT2D eigenvalue weighted by Crippen LogP contribution is -2.02. The minimum atomic E-state index is 0.880. The highest BCUT2D eigenvalue weighted by Gasteiger charge is 2.09. The molecule has 0 N–H and O–H groups in total. The zero-order chi connectivity index (χ0) is 20.3. The average molecular weight is 381 g/mol. The maximum atomic E-state index is 2.49. The van der Waals surface area contributed by atoms with E-state index in [2.05, 4.69) is 41.5 Å². The predicted octanol–water partition coefficient (Wildman–Crippen LogP) is 10.2. The van der Waals surface area contributed by atoms with Crippen LogP contribution in [0.1, 0.15) is 151 Å². The molecule has 0 spiro atoms. The molecule has 0 amide bonds. The standard InChI is InChI=1S/C27H56/c1-7-8-9-10-11-12-13-14-18-26(5)22-23-27(6)21-16-20-25(4)19-15-17-24(2)3/h24-27H,7-23H2,1-6H3. The fourth-order valence-electron chi connectivity index (χ4n) is 4.32. The van der Waals surface area contributed by atoms with Gasteiger partial charge in [-0.15, -0.1) is 0 Å². The van der Waals surface area contributed by atoms with Crippen LogP contribution in [0, 0.1) is 23.7 Å². The number of hydrogen-bond donors (Lipinski definition) is 0. The third-order valence-electron chi connectivity index (χ3n) is 6.57. The van der Waals surface area contributed by atoms with Crippen molar-refractivity contribution in [2.24, 2.45) is 23.7 Å². The van der Waals surface area contributed by atoms with Gasteiger partial charge < -0.3 is 0 Å². The highest BCUT2D eigenvalue weighted by Crippen LogP contribution is 2.24. The minimum Gasteiger partial charge on any atom is -0.0654 e. The van der Waals surface area contributed by atoms with Gasteiger partial charge in [0.25, 0.3) is 0 Å². The largest absolute Gasteiger partial charge is 0.0654 e. The Morgan fingerprint density at radius 1 is 0.370 bits per heavy atom. The van der Waals surface area contributed by atoms with Gasteiger partial charge >= 0.3 is 0 Å². The van der Waals surface area contributed by atoms with E-state index in [0.717, 1.165) is 23.7 Å². The van der Waals surface area contributed by atoms with E-state index >= 15 is 0 Å². The number of unbranched alkanes of at least 4 members (excludes halogenated alkanes) is 7. The van der Waals surface area contributed by atoms with E-state index in [1.54, 1.807) is 0 Å². The van der Waals surface area contributed by atoms with Gasteiger partial charge in [0.1, 0.15) is 0 Å². The fourth-order valence-corrected chi connectivity index (χ4v) is 4.32. The topological polar surface area (TPSA) is 0 Å². The molecule has 0 aliphatic rings. The van der Waals surface area contributed by atoms with Crippen molar-refractivity contribution >= 4 is 0 Å². The van der Waals surface area contributed by atoms with Crippen molar-refractivity contribution in [1.29, 1.82) is 0 Å². The lowest BCUT2D eigenvalue weighted by molar-refractivity contribution is 0.360. The van der Waals surface area contributed by atoms with Gasteiger partial charge in [0, 0.05) is 0 Å². The zero-order valence-corrected chi connectivity index (χ0v) is 20.3. The van der Waals surface area contributed by atoms with Crippen molar-refractivity contribution in [3.8, 4) is 0 Å². The number of rotatable bonds is 20. The van der Waals surface area contributed by atoms with Crippen LogP contribution < -0.4 is 0 Å². The average Bonchev–Trinajstić information content (AvgIpc) is 2.62. The molecule has 0 aliphatic carbocycles. The van der Waals surface area contributed by atoms with E-state index in [0.29, 0.717) is 0 Å². The third-order valence-corrected chi connectivity index (χ3v) is 6.57. The molecule has 3 atom stereocenters. The Morgan fingerprint density at radius 3 is 1.22 bits per heavy atom. The molecule has 0 radical (unpaired) electrons. The van der Waals surface area contributed by atoms with E-state index in [-0.39, 0.29) is 0 Å². The summed E-state index contributed by atoms with van der Waals surface area (Å²) < 4.78 is 0. The molecule has 3 unspecified atom stereocenters. The quantitative estimate of drug-likeness (QED) is 0.184. The van der Waals surface area contributed by atoms with Crippen LogP contribution in [0.25, 0.3) is 0 Å². The molecule has 0 fully saturated rings. The molecule has 0 saturated carbocycles. The predicted molar refractivity (Wildman–Crippen MR) is 126 cm³/mol. The van der Waals surface area contributed by atoms with E-state index in [1.165, 1.54) is 109 Å². The Morgan fingerprint density at radius 2 is 0.741 bits per heavy atom. The summed E-state index contributed by atoms with van der Waals surface area (Å²) in [5.74, 6) is 3.71. The molecule has 27 heavy (non-hydrogen) atoms. The van der Waals surface area contributed by atoms with Gasteiger partial charge in [0.05, 0.1) is 0 Å². The Kier molecular flexibility index (Phi) is 19.3. The van der Waals surface area contributed by atoms with Gasteiger partial charge in [-0.25, -0.2) is 0 Å². The second-order valence-electron chi connectivity index (χ2n) is 10.4. The molecule has 164 valence electrons. The van der Waals surface area contributed by atoms with Gasteiger partial charge in [-0.05, 0) is 23.7 Å².